The third-order valence-electron chi connectivity index (χ3n) is 5.87. The molecular formula is C25H33ClN2O5. The summed E-state index contributed by atoms with van der Waals surface area (Å²) in [4.78, 5) is 4.56. The van der Waals surface area contributed by atoms with E-state index in [2.05, 4.69) is 21.9 Å². The highest BCUT2D eigenvalue weighted by Crippen LogP contribution is 2.21. The van der Waals surface area contributed by atoms with E-state index in [1.54, 1.807) is 24.3 Å². The van der Waals surface area contributed by atoms with Gasteiger partial charge in [-0.25, -0.2) is 0 Å². The monoisotopic (exact) mass is 476 g/mol. The smallest absolute Gasteiger partial charge is 0.134 e. The van der Waals surface area contributed by atoms with Gasteiger partial charge in [0.2, 0.25) is 0 Å². The molecule has 33 heavy (non-hydrogen) atoms. The molecule has 8 heteroatoms. The normalized spacial score (nSPS) is 22.6. The van der Waals surface area contributed by atoms with E-state index in [9.17, 15) is 5.11 Å². The predicted molar refractivity (Wildman–Crippen MR) is 127 cm³/mol. The molecule has 2 aromatic carbocycles. The van der Waals surface area contributed by atoms with Crippen LogP contribution in [0.1, 0.15) is 5.56 Å². The number of ether oxygens (including phenoxy) is 4. The fourth-order valence-electron chi connectivity index (χ4n) is 4.03. The van der Waals surface area contributed by atoms with Crippen molar-refractivity contribution in [1.82, 2.24) is 9.80 Å². The molecule has 2 aliphatic heterocycles. The lowest BCUT2D eigenvalue weighted by atomic mass is 10.1. The van der Waals surface area contributed by atoms with Gasteiger partial charge in [-0.2, -0.15) is 0 Å². The van der Waals surface area contributed by atoms with Crippen molar-refractivity contribution in [2.24, 2.45) is 0 Å². The Bertz CT molecular complexity index is 845. The maximum absolute atomic E-state index is 11.1. The number of β-amino-alcohol motifs (C(OH)–C–C–N with tert-alkyl or cyclic N) is 1. The van der Waals surface area contributed by atoms with Crippen LogP contribution in [0.5, 0.6) is 11.5 Å². The van der Waals surface area contributed by atoms with Crippen LogP contribution in [0.4, 0.5) is 0 Å². The average molecular weight is 477 g/mol. The van der Waals surface area contributed by atoms with Crippen LogP contribution in [-0.2, 0) is 16.0 Å². The second-order valence-corrected chi connectivity index (χ2v) is 9.11. The molecule has 180 valence electrons. The van der Waals surface area contributed by atoms with Crippen molar-refractivity contribution < 1.29 is 24.1 Å². The molecule has 2 saturated heterocycles. The summed E-state index contributed by atoms with van der Waals surface area (Å²) in [6.07, 6.45) is 0. The van der Waals surface area contributed by atoms with Crippen molar-refractivity contribution in [2.45, 2.75) is 12.1 Å². The van der Waals surface area contributed by atoms with E-state index in [0.29, 0.717) is 30.5 Å². The SMILES string of the molecule is OC1(COc2ccc(Cl)cc2)COCCN(Cc2ccc(OCCN3CCOCC3)cc2)C1. The van der Waals surface area contributed by atoms with Gasteiger partial charge in [-0.3, -0.25) is 9.80 Å². The van der Waals surface area contributed by atoms with Crippen LogP contribution in [0.3, 0.4) is 0 Å². The summed E-state index contributed by atoms with van der Waals surface area (Å²) in [5.74, 6) is 1.55. The highest BCUT2D eigenvalue weighted by molar-refractivity contribution is 6.30. The van der Waals surface area contributed by atoms with E-state index in [1.165, 1.54) is 5.56 Å². The van der Waals surface area contributed by atoms with Crippen molar-refractivity contribution in [2.75, 3.05) is 72.4 Å². The lowest BCUT2D eigenvalue weighted by Gasteiger charge is -2.30. The van der Waals surface area contributed by atoms with Crippen LogP contribution >= 0.6 is 11.6 Å². The van der Waals surface area contributed by atoms with Gasteiger partial charge in [0.05, 0.1) is 26.4 Å². The second-order valence-electron chi connectivity index (χ2n) is 8.68. The topological polar surface area (TPSA) is 63.6 Å². The average Bonchev–Trinajstić information content (AvgIpc) is 3.02. The Morgan fingerprint density at radius 3 is 2.24 bits per heavy atom. The van der Waals surface area contributed by atoms with Crippen LogP contribution < -0.4 is 9.47 Å². The number of hydrogen-bond donors (Lipinski definition) is 1. The van der Waals surface area contributed by atoms with Crippen LogP contribution in [0.15, 0.2) is 48.5 Å². The zero-order valence-corrected chi connectivity index (χ0v) is 19.7. The summed E-state index contributed by atoms with van der Waals surface area (Å²) in [5, 5.41) is 11.8. The Morgan fingerprint density at radius 1 is 0.848 bits per heavy atom. The first-order chi connectivity index (χ1) is 16.1. The zero-order chi connectivity index (χ0) is 22.9. The Balaban J connectivity index is 1.25. The molecule has 0 bridgehead atoms. The minimum Gasteiger partial charge on any atom is -0.492 e. The maximum atomic E-state index is 11.1. The molecule has 1 N–H and O–H groups in total. The van der Waals surface area contributed by atoms with Crippen molar-refractivity contribution >= 4 is 11.6 Å². The van der Waals surface area contributed by atoms with E-state index < -0.39 is 5.60 Å². The van der Waals surface area contributed by atoms with Crippen molar-refractivity contribution in [3.05, 3.63) is 59.1 Å². The molecule has 0 amide bonds. The third kappa shape index (κ3) is 7.84. The number of rotatable bonds is 9. The van der Waals surface area contributed by atoms with E-state index in [1.807, 2.05) is 12.1 Å². The first-order valence-electron chi connectivity index (χ1n) is 11.5. The van der Waals surface area contributed by atoms with Gasteiger partial charge in [0, 0.05) is 44.3 Å². The van der Waals surface area contributed by atoms with Crippen LogP contribution in [0.2, 0.25) is 5.02 Å². The molecule has 2 heterocycles. The van der Waals surface area contributed by atoms with Crippen LogP contribution in [0, 0.1) is 0 Å². The van der Waals surface area contributed by atoms with Gasteiger partial charge in [0.1, 0.15) is 30.3 Å². The summed E-state index contributed by atoms with van der Waals surface area (Å²) in [6.45, 7) is 8.05. The molecule has 1 atom stereocenters. The molecule has 2 fully saturated rings. The summed E-state index contributed by atoms with van der Waals surface area (Å²) >= 11 is 5.93. The van der Waals surface area contributed by atoms with Gasteiger partial charge >= 0.3 is 0 Å². The quantitative estimate of drug-likeness (QED) is 0.597. The van der Waals surface area contributed by atoms with Crippen molar-refractivity contribution in [3.63, 3.8) is 0 Å². The second kappa shape index (κ2) is 12.0. The number of aliphatic hydroxyl groups is 1. The lowest BCUT2D eigenvalue weighted by Crippen LogP contribution is -2.48. The Hall–Kier alpha value is -1.87. The number of halogens is 1. The maximum Gasteiger partial charge on any atom is 0.134 e. The standard InChI is InChI=1S/C25H33ClN2O5/c26-22-3-7-24(8-4-22)33-20-25(29)18-28(11-15-31-19-25)17-21-1-5-23(6-2-21)32-16-12-27-9-13-30-14-10-27/h1-8,29H,9-20H2. The number of morpholine rings is 1. The first-order valence-corrected chi connectivity index (χ1v) is 11.9. The largest absolute Gasteiger partial charge is 0.492 e. The third-order valence-corrected chi connectivity index (χ3v) is 6.12. The number of benzene rings is 2. The lowest BCUT2D eigenvalue weighted by molar-refractivity contribution is -0.0646. The fourth-order valence-corrected chi connectivity index (χ4v) is 4.16. The van der Waals surface area contributed by atoms with Crippen molar-refractivity contribution in [1.29, 1.82) is 0 Å². The first kappa shape index (κ1) is 24.3. The van der Waals surface area contributed by atoms with Gasteiger partial charge in [0.25, 0.3) is 0 Å². The van der Waals surface area contributed by atoms with E-state index in [-0.39, 0.29) is 13.2 Å². The number of nitrogens with zero attached hydrogens (tertiary/aromatic N) is 2. The minimum absolute atomic E-state index is 0.154. The summed E-state index contributed by atoms with van der Waals surface area (Å²) < 4.78 is 22.8. The highest BCUT2D eigenvalue weighted by atomic mass is 35.5. The van der Waals surface area contributed by atoms with Crippen LogP contribution in [-0.4, -0.2) is 92.9 Å². The molecule has 2 aromatic rings. The van der Waals surface area contributed by atoms with Crippen molar-refractivity contribution in [3.8, 4) is 11.5 Å². The molecule has 7 nitrogen and oxygen atoms in total. The van der Waals surface area contributed by atoms with E-state index in [0.717, 1.165) is 51.7 Å². The predicted octanol–water partition coefficient (Wildman–Crippen LogP) is 2.69. The minimum atomic E-state index is -1.08. The summed E-state index contributed by atoms with van der Waals surface area (Å²) in [7, 11) is 0. The fraction of sp³-hybridized carbons (Fsp3) is 0.520. The molecule has 0 spiro atoms. The molecular weight excluding hydrogens is 444 g/mol. The van der Waals surface area contributed by atoms with Gasteiger partial charge in [0.15, 0.2) is 0 Å². The molecule has 4 rings (SSSR count). The molecule has 0 aromatic heterocycles. The van der Waals surface area contributed by atoms with Gasteiger partial charge in [-0.15, -0.1) is 0 Å². The molecule has 0 aliphatic carbocycles. The Morgan fingerprint density at radius 2 is 1.48 bits per heavy atom. The van der Waals surface area contributed by atoms with Gasteiger partial charge < -0.3 is 24.1 Å². The Labute approximate surface area is 200 Å². The molecule has 0 radical (unpaired) electrons. The van der Waals surface area contributed by atoms with Crippen LogP contribution in [0.25, 0.3) is 0 Å². The summed E-state index contributed by atoms with van der Waals surface area (Å²) in [6, 6.07) is 15.3. The zero-order valence-electron chi connectivity index (χ0n) is 19.0. The highest BCUT2D eigenvalue weighted by Gasteiger charge is 2.33. The van der Waals surface area contributed by atoms with Gasteiger partial charge in [-0.05, 0) is 42.0 Å². The number of hydrogen-bond acceptors (Lipinski definition) is 7. The van der Waals surface area contributed by atoms with E-state index >= 15 is 0 Å². The molecule has 0 saturated carbocycles. The van der Waals surface area contributed by atoms with E-state index in [4.69, 9.17) is 30.5 Å². The van der Waals surface area contributed by atoms with Gasteiger partial charge in [-0.1, -0.05) is 23.7 Å². The summed E-state index contributed by atoms with van der Waals surface area (Å²) in [5.41, 5.74) is 0.0805. The molecule has 1 unspecified atom stereocenters. The molecule has 2 aliphatic rings. The Kier molecular flexibility index (Phi) is 8.83.